The molecule has 1 aromatic heterocycles. The van der Waals surface area contributed by atoms with E-state index in [4.69, 9.17) is 11.6 Å². The number of nitrogens with one attached hydrogen (secondary N) is 1. The van der Waals surface area contributed by atoms with Gasteiger partial charge in [0.05, 0.1) is 17.8 Å². The monoisotopic (exact) mass is 417 g/mol. The molecule has 3 aromatic rings. The van der Waals surface area contributed by atoms with Crippen LogP contribution in [0.2, 0.25) is 5.02 Å². The number of anilines is 1. The first kappa shape index (κ1) is 18.6. The van der Waals surface area contributed by atoms with Crippen LogP contribution in [-0.4, -0.2) is 21.5 Å². The van der Waals surface area contributed by atoms with Gasteiger partial charge in [0.25, 0.3) is 10.0 Å². The minimum atomic E-state index is -4.40. The molecule has 1 heterocycles. The molecule has 0 unspecified atom stereocenters. The van der Waals surface area contributed by atoms with E-state index in [2.05, 4.69) is 9.46 Å². The lowest BCUT2D eigenvalue weighted by molar-refractivity contribution is 0.0602. The van der Waals surface area contributed by atoms with Gasteiger partial charge in [0.15, 0.2) is 0 Å². The molecule has 0 aliphatic heterocycles. The molecule has 10 heteroatoms. The van der Waals surface area contributed by atoms with Crippen LogP contribution in [0.25, 0.3) is 10.1 Å². The minimum absolute atomic E-state index is 0.0390. The number of rotatable bonds is 4. The number of thiophene rings is 1. The molecule has 5 nitrogen and oxygen atoms in total. The van der Waals surface area contributed by atoms with Gasteiger partial charge in [0.2, 0.25) is 0 Å². The lowest BCUT2D eigenvalue weighted by Crippen LogP contribution is -2.16. The number of methoxy groups -OCH3 is 1. The van der Waals surface area contributed by atoms with E-state index >= 15 is 0 Å². The van der Waals surface area contributed by atoms with E-state index in [-0.39, 0.29) is 25.7 Å². The number of sulfonamides is 1. The van der Waals surface area contributed by atoms with Crippen molar-refractivity contribution in [2.24, 2.45) is 0 Å². The van der Waals surface area contributed by atoms with Crippen LogP contribution in [0.15, 0.2) is 41.3 Å². The fraction of sp³-hybridized carbons (Fsp3) is 0.0625. The van der Waals surface area contributed by atoms with Crippen LogP contribution < -0.4 is 4.72 Å². The Morgan fingerprint density at radius 1 is 1.19 bits per heavy atom. The van der Waals surface area contributed by atoms with Gasteiger partial charge in [-0.1, -0.05) is 17.7 Å². The zero-order chi connectivity index (χ0) is 19.1. The van der Waals surface area contributed by atoms with E-state index in [1.54, 1.807) is 0 Å². The fourth-order valence-electron chi connectivity index (χ4n) is 2.33. The molecule has 0 amide bonds. The molecule has 0 saturated heterocycles. The molecule has 26 heavy (non-hydrogen) atoms. The normalized spacial score (nSPS) is 11.5. The fourth-order valence-corrected chi connectivity index (χ4v) is 5.40. The summed E-state index contributed by atoms with van der Waals surface area (Å²) in [5, 5.41) is -0.515. The third kappa shape index (κ3) is 3.25. The average molecular weight is 418 g/mol. The molecule has 0 aliphatic rings. The highest BCUT2D eigenvalue weighted by atomic mass is 35.5. The highest BCUT2D eigenvalue weighted by Gasteiger charge is 2.31. The predicted molar refractivity (Wildman–Crippen MR) is 95.3 cm³/mol. The highest BCUT2D eigenvalue weighted by molar-refractivity contribution is 7.93. The number of carbonyl (C=O) groups excluding carboxylic acids is 1. The maximum Gasteiger partial charge on any atom is 0.349 e. The van der Waals surface area contributed by atoms with Crippen LogP contribution in [-0.2, 0) is 14.8 Å². The van der Waals surface area contributed by atoms with Gasteiger partial charge in [-0.05, 0) is 30.3 Å². The molecule has 0 atom stereocenters. The van der Waals surface area contributed by atoms with Crippen molar-refractivity contribution in [1.29, 1.82) is 0 Å². The van der Waals surface area contributed by atoms with Gasteiger partial charge in [-0.3, -0.25) is 4.72 Å². The SMILES string of the molecule is COC(=O)c1sc2cccc(F)c2c1S(=O)(=O)Nc1ccc(F)c(Cl)c1. The molecular formula is C16H10ClF2NO4S2. The third-order valence-corrected chi connectivity index (χ3v) is 6.44. The Kier molecular flexibility index (Phi) is 4.87. The maximum absolute atomic E-state index is 14.3. The summed E-state index contributed by atoms with van der Waals surface area (Å²) in [6, 6.07) is 7.18. The van der Waals surface area contributed by atoms with Crippen molar-refractivity contribution in [3.63, 3.8) is 0 Å². The number of hydrogen-bond donors (Lipinski definition) is 1. The van der Waals surface area contributed by atoms with Crippen molar-refractivity contribution in [2.45, 2.75) is 4.90 Å². The number of carbonyl (C=O) groups is 1. The molecule has 136 valence electrons. The van der Waals surface area contributed by atoms with Gasteiger partial charge in [0, 0.05) is 10.1 Å². The summed E-state index contributed by atoms with van der Waals surface area (Å²) in [5.41, 5.74) is -0.0390. The van der Waals surface area contributed by atoms with Crippen molar-refractivity contribution in [1.82, 2.24) is 0 Å². The predicted octanol–water partition coefficient (Wildman–Crippen LogP) is 4.42. The Hall–Kier alpha value is -2.23. The topological polar surface area (TPSA) is 72.5 Å². The molecular weight excluding hydrogens is 408 g/mol. The van der Waals surface area contributed by atoms with Gasteiger partial charge >= 0.3 is 5.97 Å². The molecule has 0 radical (unpaired) electrons. The molecule has 0 bridgehead atoms. The number of halogens is 3. The Balaban J connectivity index is 2.21. The van der Waals surface area contributed by atoms with Gasteiger partial charge < -0.3 is 4.74 Å². The lowest BCUT2D eigenvalue weighted by Gasteiger charge is -2.10. The van der Waals surface area contributed by atoms with Crippen molar-refractivity contribution >= 4 is 54.7 Å². The first-order valence-corrected chi connectivity index (χ1v) is 9.69. The molecule has 0 saturated carbocycles. The summed E-state index contributed by atoms with van der Waals surface area (Å²) in [4.78, 5) is 11.2. The van der Waals surface area contributed by atoms with Gasteiger partial charge in [-0.25, -0.2) is 22.0 Å². The van der Waals surface area contributed by atoms with E-state index in [0.29, 0.717) is 0 Å². The molecule has 0 fully saturated rings. The van der Waals surface area contributed by atoms with Crippen LogP contribution in [0.1, 0.15) is 9.67 Å². The molecule has 3 rings (SSSR count). The van der Waals surface area contributed by atoms with Gasteiger partial charge in [0.1, 0.15) is 21.4 Å². The van der Waals surface area contributed by atoms with E-state index in [1.165, 1.54) is 12.1 Å². The maximum atomic E-state index is 14.3. The van der Waals surface area contributed by atoms with Crippen LogP contribution in [0.4, 0.5) is 14.5 Å². The second-order valence-electron chi connectivity index (χ2n) is 5.10. The van der Waals surface area contributed by atoms with Gasteiger partial charge in [-0.15, -0.1) is 11.3 Å². The zero-order valence-electron chi connectivity index (χ0n) is 13.0. The van der Waals surface area contributed by atoms with Crippen LogP contribution >= 0.6 is 22.9 Å². The van der Waals surface area contributed by atoms with Crippen LogP contribution in [0.5, 0.6) is 0 Å². The molecule has 1 N–H and O–H groups in total. The lowest BCUT2D eigenvalue weighted by atomic mass is 10.2. The summed E-state index contributed by atoms with van der Waals surface area (Å²) in [5.74, 6) is -2.44. The van der Waals surface area contributed by atoms with Crippen LogP contribution in [0, 0.1) is 11.6 Å². The first-order valence-electron chi connectivity index (χ1n) is 7.02. The average Bonchev–Trinajstić information content (AvgIpc) is 2.99. The molecule has 2 aromatic carbocycles. The highest BCUT2D eigenvalue weighted by Crippen LogP contribution is 2.37. The number of fused-ring (bicyclic) bond motifs is 1. The van der Waals surface area contributed by atoms with E-state index in [0.717, 1.165) is 42.7 Å². The Morgan fingerprint density at radius 3 is 2.58 bits per heavy atom. The quantitative estimate of drug-likeness (QED) is 0.638. The third-order valence-electron chi connectivity index (χ3n) is 3.43. The Morgan fingerprint density at radius 2 is 1.92 bits per heavy atom. The van der Waals surface area contributed by atoms with Crippen molar-refractivity contribution in [2.75, 3.05) is 11.8 Å². The Bertz CT molecular complexity index is 1130. The number of esters is 1. The van der Waals surface area contributed by atoms with E-state index < -0.39 is 32.5 Å². The molecule has 0 aliphatic carbocycles. The van der Waals surface area contributed by atoms with Crippen molar-refractivity contribution in [3.8, 4) is 0 Å². The zero-order valence-corrected chi connectivity index (χ0v) is 15.4. The smallest absolute Gasteiger partial charge is 0.349 e. The standard InChI is InChI=1S/C16H10ClF2NO4S2/c1-24-16(21)14-15(13-11(19)3-2-4-12(13)25-14)26(22,23)20-8-5-6-10(18)9(17)7-8/h2-7,20H,1H3. The largest absolute Gasteiger partial charge is 0.465 e. The second kappa shape index (κ2) is 6.82. The van der Waals surface area contributed by atoms with E-state index in [1.807, 2.05) is 0 Å². The summed E-state index contributed by atoms with van der Waals surface area (Å²) in [6.07, 6.45) is 0. The second-order valence-corrected chi connectivity index (χ2v) is 8.18. The van der Waals surface area contributed by atoms with Crippen LogP contribution in [0.3, 0.4) is 0 Å². The van der Waals surface area contributed by atoms with Crippen molar-refractivity contribution in [3.05, 3.63) is 57.9 Å². The first-order chi connectivity index (χ1) is 12.2. The summed E-state index contributed by atoms with van der Waals surface area (Å²) in [6.45, 7) is 0. The minimum Gasteiger partial charge on any atom is -0.465 e. The summed E-state index contributed by atoms with van der Waals surface area (Å²) >= 11 is 6.44. The number of hydrogen-bond acceptors (Lipinski definition) is 5. The molecule has 0 spiro atoms. The van der Waals surface area contributed by atoms with E-state index in [9.17, 15) is 22.0 Å². The number of benzene rings is 2. The Labute approximate surface area is 156 Å². The van der Waals surface area contributed by atoms with Gasteiger partial charge in [-0.2, -0.15) is 0 Å². The van der Waals surface area contributed by atoms with Crippen molar-refractivity contribution < 1.29 is 26.7 Å². The number of ether oxygens (including phenoxy) is 1. The summed E-state index contributed by atoms with van der Waals surface area (Å²) in [7, 11) is -3.31. The summed E-state index contributed by atoms with van der Waals surface area (Å²) < 4.78 is 60.3.